The molecule has 13 N–H and O–H groups in total. The molecule has 0 saturated carbocycles. The number of ether oxygens (including phenoxy) is 4. The van der Waals surface area contributed by atoms with Crippen molar-refractivity contribution in [3.8, 4) is 0 Å². The van der Waals surface area contributed by atoms with E-state index < -0.39 is 135 Å². The number of rotatable bonds is 11. The minimum atomic E-state index is -2.28. The molecular weight excluding hydrogens is 987 g/mol. The highest BCUT2D eigenvalue weighted by atomic mass is 16.7. The third kappa shape index (κ3) is 24.6. The topological polar surface area (TPSA) is 337 Å². The van der Waals surface area contributed by atoms with Crippen LogP contribution >= 0.6 is 0 Å². The van der Waals surface area contributed by atoms with E-state index in [2.05, 4.69) is 0 Å². The molecule has 19 nitrogen and oxygen atoms in total. The number of hydrogen-bond acceptors (Lipinski definition) is 18. The molecule has 0 amide bonds. The van der Waals surface area contributed by atoms with Crippen LogP contribution in [0.25, 0.3) is 0 Å². The molecule has 76 heavy (non-hydrogen) atoms. The number of hydrogen-bond donors (Lipinski definition) is 12. The second kappa shape index (κ2) is 34.6. The number of ketones is 1. The summed E-state index contributed by atoms with van der Waals surface area (Å²) in [6.07, 6.45) is 12.8. The number of esters is 1. The van der Waals surface area contributed by atoms with Gasteiger partial charge in [-0.3, -0.25) is 14.4 Å². The molecule has 0 radical (unpaired) electrons. The summed E-state index contributed by atoms with van der Waals surface area (Å²) in [7, 11) is 0. The smallest absolute Gasteiger partial charge is 0.311 e. The number of nitrogens with two attached hydrogens (primary N) is 1. The Morgan fingerprint density at radius 2 is 1.33 bits per heavy atom. The van der Waals surface area contributed by atoms with E-state index in [9.17, 15) is 70.6 Å². The summed E-state index contributed by atoms with van der Waals surface area (Å²) in [6.45, 7) is 7.13. The van der Waals surface area contributed by atoms with Crippen LogP contribution in [0.3, 0.4) is 0 Å². The van der Waals surface area contributed by atoms with Crippen LogP contribution in [0, 0.1) is 17.8 Å². The molecule has 19 heteroatoms. The summed E-state index contributed by atoms with van der Waals surface area (Å²) in [5, 5.41) is 119. The molecule has 2 saturated heterocycles. The molecule has 3 aliphatic heterocycles. The lowest BCUT2D eigenvalue weighted by atomic mass is 9.82. The molecule has 0 aromatic heterocycles. The van der Waals surface area contributed by atoms with Gasteiger partial charge >= 0.3 is 11.9 Å². The fourth-order valence-corrected chi connectivity index (χ4v) is 9.52. The van der Waals surface area contributed by atoms with Crippen molar-refractivity contribution in [3.63, 3.8) is 0 Å². The number of allylic oxidation sites excluding steroid dienone is 16. The predicted molar refractivity (Wildman–Crippen MR) is 283 cm³/mol. The van der Waals surface area contributed by atoms with Crippen LogP contribution in [-0.4, -0.2) is 171 Å². The molecule has 19 atom stereocenters. The van der Waals surface area contributed by atoms with E-state index >= 15 is 0 Å². The van der Waals surface area contributed by atoms with Gasteiger partial charge in [-0.05, 0) is 77.2 Å². The molecule has 0 aromatic rings. The standard InChI is InChI=1S/C57H87NO18/c1-5-6-17-22-39(59)28-42(62)27-26-37(3)54-36(2)21-18-15-13-11-9-7-8-10-12-14-16-19-25-46(74-56-53(69)51(58)52(68)38(4)73-56)33-48-50(55(70)71)47(66)35-57(72,76-48)34-45(65)31-43(63)29-40(60)23-20-24-41(61)30-44(64)32-49(67)75-54/h5-19,21-22,25,36-38,40-48,50-54,56,60-66,68-69,72H,20,23-24,26-35,58H2,1-4H3,(H,70,71)/b6-5+,8-7-,11-9-,12-10-,15-13-,16-14-,21-18-,22-17+,25-19-/t36-,37-,38+,40-,41-,42-,43+,44-,45-,46-,47-,48-,50+,51-,52+,53-,54+,56-,57+/m0/s1. The highest BCUT2D eigenvalue weighted by Crippen LogP contribution is 2.38. The van der Waals surface area contributed by atoms with E-state index in [1.54, 1.807) is 85.1 Å². The molecule has 3 heterocycles. The molecular formula is C57H87NO18. The Hall–Kier alpha value is -4.29. The number of aliphatic carboxylic acids is 1. The predicted octanol–water partition coefficient (Wildman–Crippen LogP) is 3.34. The van der Waals surface area contributed by atoms with Crippen molar-refractivity contribution in [3.05, 3.63) is 109 Å². The molecule has 3 rings (SSSR count). The van der Waals surface area contributed by atoms with Crippen molar-refractivity contribution in [2.24, 2.45) is 23.5 Å². The van der Waals surface area contributed by atoms with Gasteiger partial charge in [0, 0.05) is 31.6 Å². The van der Waals surface area contributed by atoms with Crippen molar-refractivity contribution in [1.29, 1.82) is 0 Å². The number of aliphatic hydroxyl groups is 10. The van der Waals surface area contributed by atoms with Crippen molar-refractivity contribution in [2.45, 2.75) is 209 Å². The van der Waals surface area contributed by atoms with Crippen molar-refractivity contribution >= 4 is 17.7 Å². The molecule has 3 aliphatic rings. The maximum atomic E-state index is 13.3. The average Bonchev–Trinajstić information content (AvgIpc) is 3.32. The van der Waals surface area contributed by atoms with Crippen molar-refractivity contribution in [1.82, 2.24) is 0 Å². The van der Waals surface area contributed by atoms with Crippen LogP contribution in [0.4, 0.5) is 0 Å². The zero-order chi connectivity index (χ0) is 56.4. The van der Waals surface area contributed by atoms with Crippen LogP contribution in [-0.2, 0) is 33.3 Å². The van der Waals surface area contributed by atoms with Crippen LogP contribution in [0.15, 0.2) is 109 Å². The van der Waals surface area contributed by atoms with Gasteiger partial charge in [-0.15, -0.1) is 0 Å². The summed E-state index contributed by atoms with van der Waals surface area (Å²) < 4.78 is 23.7. The Balaban J connectivity index is 1.85. The number of aliphatic hydroxyl groups excluding tert-OH is 9. The zero-order valence-corrected chi connectivity index (χ0v) is 44.3. The minimum absolute atomic E-state index is 0.0553. The van der Waals surface area contributed by atoms with Crippen LogP contribution in [0.2, 0.25) is 0 Å². The third-order valence-electron chi connectivity index (χ3n) is 13.6. The molecule has 428 valence electrons. The lowest BCUT2D eigenvalue weighted by Gasteiger charge is -2.45. The minimum Gasteiger partial charge on any atom is -0.481 e. The fourth-order valence-electron chi connectivity index (χ4n) is 9.52. The van der Waals surface area contributed by atoms with Crippen molar-refractivity contribution < 1.29 is 89.5 Å². The van der Waals surface area contributed by atoms with E-state index in [1.807, 2.05) is 32.9 Å². The SMILES string of the molecule is C/C=C/C=C/C(=O)C[C@@H](O)CC[C@H](C)[C@@H]1OC(=O)C[C@@H](O)C[C@@H](O)CCC[C@H](O)C[C@@H](O)C[C@H](O)C[C@]2(O)C[C@H](O)[C@@H](C(=O)O)[C@H](C[C@@H](O[C@@H]3O[C@H](C)[C@@H](O)[C@H](N)[C@@H]3O)\C=C/C=C\C=C/C=C\C=C/C=C\C=C/[C@@H]1C)O2. The second-order valence-electron chi connectivity index (χ2n) is 20.5. The number of carbonyl (C=O) groups excluding carboxylic acids is 2. The van der Waals surface area contributed by atoms with Gasteiger partial charge in [-0.2, -0.15) is 0 Å². The van der Waals surface area contributed by atoms with Crippen LogP contribution < -0.4 is 5.73 Å². The first-order valence-corrected chi connectivity index (χ1v) is 26.5. The summed E-state index contributed by atoms with van der Waals surface area (Å²) in [5.74, 6) is -6.75. The average molecular weight is 1070 g/mol. The van der Waals surface area contributed by atoms with Crippen LogP contribution in [0.1, 0.15) is 111 Å². The van der Waals surface area contributed by atoms with Gasteiger partial charge in [0.25, 0.3) is 0 Å². The first-order chi connectivity index (χ1) is 36.0. The van der Waals surface area contributed by atoms with Gasteiger partial charge in [0.05, 0.1) is 79.6 Å². The first kappa shape index (κ1) is 66.0. The summed E-state index contributed by atoms with van der Waals surface area (Å²) in [5.41, 5.74) is 6.05. The normalized spacial score (nSPS) is 39.7. The number of carbonyl (C=O) groups is 3. The van der Waals surface area contributed by atoms with Gasteiger partial charge in [-0.25, -0.2) is 0 Å². The number of cyclic esters (lactones) is 1. The van der Waals surface area contributed by atoms with Gasteiger partial charge in [-0.1, -0.05) is 117 Å². The first-order valence-electron chi connectivity index (χ1n) is 26.5. The molecule has 2 fully saturated rings. The van der Waals surface area contributed by atoms with E-state index in [0.717, 1.165) is 0 Å². The maximum Gasteiger partial charge on any atom is 0.311 e. The maximum absolute atomic E-state index is 13.3. The zero-order valence-electron chi connectivity index (χ0n) is 44.3. The van der Waals surface area contributed by atoms with Gasteiger partial charge < -0.3 is 80.9 Å². The Kier molecular flexibility index (Phi) is 30.0. The molecule has 0 spiro atoms. The second-order valence-corrected chi connectivity index (χ2v) is 20.5. The summed E-state index contributed by atoms with van der Waals surface area (Å²) >= 11 is 0. The highest BCUT2D eigenvalue weighted by molar-refractivity contribution is 5.90. The monoisotopic (exact) mass is 1070 g/mol. The van der Waals surface area contributed by atoms with Gasteiger partial charge in [0.1, 0.15) is 18.1 Å². The van der Waals surface area contributed by atoms with E-state index in [4.69, 9.17) is 24.7 Å². The van der Waals surface area contributed by atoms with E-state index in [-0.39, 0.29) is 75.4 Å². The van der Waals surface area contributed by atoms with Gasteiger partial charge in [0.2, 0.25) is 0 Å². The highest BCUT2D eigenvalue weighted by Gasteiger charge is 2.51. The largest absolute Gasteiger partial charge is 0.481 e. The van der Waals surface area contributed by atoms with E-state index in [1.165, 1.54) is 19.1 Å². The summed E-state index contributed by atoms with van der Waals surface area (Å²) in [4.78, 5) is 38.1. The molecule has 0 aliphatic carbocycles. The quantitative estimate of drug-likeness (QED) is 0.0802. The van der Waals surface area contributed by atoms with E-state index in [0.29, 0.717) is 6.42 Å². The lowest BCUT2D eigenvalue weighted by Crippen LogP contribution is -2.61. The number of fused-ring (bicyclic) bond motifs is 2. The number of carboxylic acid groups (broad SMARTS) is 1. The summed E-state index contributed by atoms with van der Waals surface area (Å²) in [6, 6.07) is -1.15. The van der Waals surface area contributed by atoms with Gasteiger partial charge in [0.15, 0.2) is 17.9 Å². The Morgan fingerprint density at radius 3 is 1.92 bits per heavy atom. The third-order valence-corrected chi connectivity index (χ3v) is 13.6. The Labute approximate surface area is 447 Å². The Bertz CT molecular complexity index is 2020. The fraction of sp³-hybridized carbons (Fsp3) is 0.632. The molecule has 0 unspecified atom stereocenters. The van der Waals surface area contributed by atoms with Crippen molar-refractivity contribution in [2.75, 3.05) is 0 Å². The molecule has 0 aromatic carbocycles. The Morgan fingerprint density at radius 1 is 0.763 bits per heavy atom. The number of carboxylic acids is 1. The molecule has 2 bridgehead atoms. The lowest BCUT2D eigenvalue weighted by molar-refractivity contribution is -0.308. The van der Waals surface area contributed by atoms with Crippen LogP contribution in [0.5, 0.6) is 0 Å².